The highest BCUT2D eigenvalue weighted by Crippen LogP contribution is 2.29. The monoisotopic (exact) mass is 304 g/mol. The van der Waals surface area contributed by atoms with Crippen LogP contribution in [0.25, 0.3) is 0 Å². The van der Waals surface area contributed by atoms with Crippen LogP contribution >= 0.6 is 0 Å². The van der Waals surface area contributed by atoms with Crippen molar-refractivity contribution < 1.29 is 14.3 Å². The zero-order chi connectivity index (χ0) is 15.9. The zero-order valence-corrected chi connectivity index (χ0v) is 13.3. The van der Waals surface area contributed by atoms with E-state index in [0.717, 1.165) is 25.9 Å². The smallest absolute Gasteiger partial charge is 0.253 e. The lowest BCUT2D eigenvalue weighted by atomic mass is 10.0. The van der Waals surface area contributed by atoms with Gasteiger partial charge in [0.2, 0.25) is 0 Å². The molecule has 1 saturated heterocycles. The van der Waals surface area contributed by atoms with Crippen LogP contribution in [-0.2, 0) is 0 Å². The molecule has 0 saturated carbocycles. The van der Waals surface area contributed by atoms with Crippen LogP contribution in [0.1, 0.15) is 23.2 Å². The van der Waals surface area contributed by atoms with Crippen molar-refractivity contribution in [2.75, 3.05) is 33.9 Å². The van der Waals surface area contributed by atoms with Crippen LogP contribution in [-0.4, -0.2) is 50.7 Å². The number of piperidine rings is 1. The second-order valence-electron chi connectivity index (χ2n) is 5.32. The van der Waals surface area contributed by atoms with E-state index in [1.54, 1.807) is 31.4 Å². The first kappa shape index (κ1) is 16.4. The first-order valence-corrected chi connectivity index (χ1v) is 7.58. The molecule has 0 spiro atoms. The Balaban J connectivity index is 2.08. The van der Waals surface area contributed by atoms with Gasteiger partial charge in [0.15, 0.2) is 11.5 Å². The topological polar surface area (TPSA) is 50.8 Å². The van der Waals surface area contributed by atoms with Crippen LogP contribution in [0.4, 0.5) is 0 Å². The Morgan fingerprint density at radius 1 is 1.41 bits per heavy atom. The van der Waals surface area contributed by atoms with Crippen molar-refractivity contribution in [2.45, 2.75) is 18.9 Å². The second-order valence-corrected chi connectivity index (χ2v) is 5.32. The summed E-state index contributed by atoms with van der Waals surface area (Å²) < 4.78 is 10.8. The van der Waals surface area contributed by atoms with Gasteiger partial charge in [0.05, 0.1) is 7.11 Å². The Morgan fingerprint density at radius 3 is 2.73 bits per heavy atom. The molecule has 1 aliphatic heterocycles. The Labute approximate surface area is 131 Å². The Kier molecular flexibility index (Phi) is 5.83. The molecular formula is C17H24N2O3. The molecule has 1 fully saturated rings. The van der Waals surface area contributed by atoms with Gasteiger partial charge in [0.1, 0.15) is 6.61 Å². The molecule has 1 N–H and O–H groups in total. The third-order valence-corrected chi connectivity index (χ3v) is 3.96. The average Bonchev–Trinajstić information content (AvgIpc) is 2.59. The van der Waals surface area contributed by atoms with Crippen LogP contribution < -0.4 is 14.8 Å². The van der Waals surface area contributed by atoms with Gasteiger partial charge in [0.25, 0.3) is 5.91 Å². The highest BCUT2D eigenvalue weighted by atomic mass is 16.5. The van der Waals surface area contributed by atoms with Gasteiger partial charge in [-0.2, -0.15) is 0 Å². The summed E-state index contributed by atoms with van der Waals surface area (Å²) in [7, 11) is 3.54. The molecule has 2 rings (SSSR count). The zero-order valence-electron chi connectivity index (χ0n) is 13.3. The van der Waals surface area contributed by atoms with Crippen molar-refractivity contribution in [2.24, 2.45) is 0 Å². The lowest BCUT2D eigenvalue weighted by molar-refractivity contribution is 0.0707. The number of carbonyl (C=O) groups excluding carboxylic acids is 1. The molecule has 1 aromatic carbocycles. The number of nitrogens with zero attached hydrogens (tertiary/aromatic N) is 1. The highest BCUT2D eigenvalue weighted by Gasteiger charge is 2.23. The van der Waals surface area contributed by atoms with E-state index < -0.39 is 0 Å². The summed E-state index contributed by atoms with van der Waals surface area (Å²) >= 11 is 0. The summed E-state index contributed by atoms with van der Waals surface area (Å²) in [6.45, 7) is 5.58. The maximum atomic E-state index is 12.6. The molecule has 0 bridgehead atoms. The van der Waals surface area contributed by atoms with Gasteiger partial charge < -0.3 is 19.7 Å². The molecule has 120 valence electrons. The fourth-order valence-electron chi connectivity index (χ4n) is 2.62. The first-order valence-electron chi connectivity index (χ1n) is 7.58. The molecule has 0 aliphatic carbocycles. The quantitative estimate of drug-likeness (QED) is 0.818. The number of ether oxygens (including phenoxy) is 2. The fourth-order valence-corrected chi connectivity index (χ4v) is 2.62. The number of likely N-dealkylation sites (tertiary alicyclic amines) is 1. The highest BCUT2D eigenvalue weighted by molar-refractivity contribution is 5.95. The van der Waals surface area contributed by atoms with E-state index >= 15 is 0 Å². The normalized spacial score (nSPS) is 15.5. The summed E-state index contributed by atoms with van der Waals surface area (Å²) in [4.78, 5) is 14.5. The van der Waals surface area contributed by atoms with E-state index in [0.29, 0.717) is 29.7 Å². The van der Waals surface area contributed by atoms with Gasteiger partial charge in [-0.1, -0.05) is 12.7 Å². The predicted octanol–water partition coefficient (Wildman–Crippen LogP) is 2.08. The summed E-state index contributed by atoms with van der Waals surface area (Å²) in [5.41, 5.74) is 0.630. The van der Waals surface area contributed by atoms with Crippen molar-refractivity contribution in [1.29, 1.82) is 0 Å². The maximum Gasteiger partial charge on any atom is 0.253 e. The summed E-state index contributed by atoms with van der Waals surface area (Å²) in [5, 5.41) is 3.27. The van der Waals surface area contributed by atoms with Gasteiger partial charge in [-0.15, -0.1) is 0 Å². The van der Waals surface area contributed by atoms with Gasteiger partial charge in [-0.25, -0.2) is 0 Å². The summed E-state index contributed by atoms with van der Waals surface area (Å²) in [5.74, 6) is 1.23. The van der Waals surface area contributed by atoms with Gasteiger partial charge >= 0.3 is 0 Å². The van der Waals surface area contributed by atoms with E-state index in [9.17, 15) is 4.79 Å². The van der Waals surface area contributed by atoms with Crippen molar-refractivity contribution in [1.82, 2.24) is 10.2 Å². The van der Waals surface area contributed by atoms with E-state index in [1.807, 2.05) is 11.9 Å². The number of hydrogen-bond acceptors (Lipinski definition) is 4. The molecule has 0 radical (unpaired) electrons. The molecule has 0 aromatic heterocycles. The van der Waals surface area contributed by atoms with E-state index in [1.165, 1.54) is 0 Å². The Morgan fingerprint density at radius 2 is 2.14 bits per heavy atom. The summed E-state index contributed by atoms with van der Waals surface area (Å²) in [6, 6.07) is 5.81. The summed E-state index contributed by atoms with van der Waals surface area (Å²) in [6.07, 6.45) is 3.64. The third kappa shape index (κ3) is 3.80. The predicted molar refractivity (Wildman–Crippen MR) is 86.7 cm³/mol. The first-order chi connectivity index (χ1) is 10.7. The SMILES string of the molecule is C=CCOc1ccc(C(=O)N2CCC(NC)CC2)cc1OC. The molecule has 1 aliphatic rings. The van der Waals surface area contributed by atoms with Crippen LogP contribution in [0.5, 0.6) is 11.5 Å². The number of amides is 1. The lowest BCUT2D eigenvalue weighted by Crippen LogP contribution is -2.43. The molecule has 1 amide bonds. The molecule has 0 unspecified atom stereocenters. The molecule has 1 aromatic rings. The average molecular weight is 304 g/mol. The number of nitrogens with one attached hydrogen (secondary N) is 1. The van der Waals surface area contributed by atoms with Crippen molar-refractivity contribution >= 4 is 5.91 Å². The van der Waals surface area contributed by atoms with Crippen LogP contribution in [0.2, 0.25) is 0 Å². The van der Waals surface area contributed by atoms with E-state index in [4.69, 9.17) is 9.47 Å². The van der Waals surface area contributed by atoms with E-state index in [2.05, 4.69) is 11.9 Å². The number of rotatable bonds is 6. The molecule has 0 atom stereocenters. The Bertz CT molecular complexity index is 523. The number of hydrogen-bond donors (Lipinski definition) is 1. The van der Waals surface area contributed by atoms with Crippen molar-refractivity contribution in [3.05, 3.63) is 36.4 Å². The van der Waals surface area contributed by atoms with Gasteiger partial charge in [-0.3, -0.25) is 4.79 Å². The van der Waals surface area contributed by atoms with Crippen LogP contribution in [0, 0.1) is 0 Å². The minimum Gasteiger partial charge on any atom is -0.493 e. The minimum absolute atomic E-state index is 0.0446. The number of methoxy groups -OCH3 is 1. The Hall–Kier alpha value is -2.01. The third-order valence-electron chi connectivity index (χ3n) is 3.96. The minimum atomic E-state index is 0.0446. The second kappa shape index (κ2) is 7.84. The van der Waals surface area contributed by atoms with Crippen LogP contribution in [0.3, 0.4) is 0 Å². The lowest BCUT2D eigenvalue weighted by Gasteiger charge is -2.32. The van der Waals surface area contributed by atoms with Gasteiger partial charge in [0, 0.05) is 24.7 Å². The van der Waals surface area contributed by atoms with Gasteiger partial charge in [-0.05, 0) is 38.1 Å². The molecule has 1 heterocycles. The standard InChI is InChI=1S/C17H24N2O3/c1-4-11-22-15-6-5-13(12-16(15)21-3)17(20)19-9-7-14(18-2)8-10-19/h4-6,12,14,18H,1,7-11H2,2-3H3. The largest absolute Gasteiger partial charge is 0.493 e. The molecule has 22 heavy (non-hydrogen) atoms. The number of benzene rings is 1. The fraction of sp³-hybridized carbons (Fsp3) is 0.471. The van der Waals surface area contributed by atoms with Crippen molar-refractivity contribution in [3.63, 3.8) is 0 Å². The molecule has 5 heteroatoms. The van der Waals surface area contributed by atoms with Crippen LogP contribution in [0.15, 0.2) is 30.9 Å². The van der Waals surface area contributed by atoms with Crippen molar-refractivity contribution in [3.8, 4) is 11.5 Å². The molecular weight excluding hydrogens is 280 g/mol. The maximum absolute atomic E-state index is 12.6. The molecule has 5 nitrogen and oxygen atoms in total. The van der Waals surface area contributed by atoms with E-state index in [-0.39, 0.29) is 5.91 Å². The number of carbonyl (C=O) groups is 1.